The van der Waals surface area contributed by atoms with Crippen molar-refractivity contribution >= 4 is 11.3 Å². The summed E-state index contributed by atoms with van der Waals surface area (Å²) >= 11 is 0.736. The molecule has 0 atom stereocenters. The van der Waals surface area contributed by atoms with Crippen molar-refractivity contribution in [3.8, 4) is 11.5 Å². The van der Waals surface area contributed by atoms with Gasteiger partial charge < -0.3 is 18.9 Å². The number of ether oxygens (including phenoxy) is 4. The molecule has 2 aliphatic heterocycles. The SMILES string of the molecule is [2H]C1([2H])OC2=CCC=C2OC1([2H])[2H].[2H]c1sc([2H])c2c1OC([2H])([2H])C([2H])([2H])O2. The second-order valence-corrected chi connectivity index (χ2v) is 3.77. The van der Waals surface area contributed by atoms with Crippen LogP contribution in [0, 0.1) is 0 Å². The first kappa shape index (κ1) is 4.81. The maximum atomic E-state index is 7.38. The Morgan fingerprint density at radius 2 is 1.39 bits per heavy atom. The maximum Gasteiger partial charge on any atom is 0.172 e. The fourth-order valence-corrected chi connectivity index (χ4v) is 1.80. The second-order valence-electron chi connectivity index (χ2n) is 3.15. The van der Waals surface area contributed by atoms with Crippen LogP contribution >= 0.6 is 11.3 Å². The molecule has 0 N–H and O–H groups in total. The van der Waals surface area contributed by atoms with E-state index in [1.54, 1.807) is 12.2 Å². The summed E-state index contributed by atoms with van der Waals surface area (Å²) in [6.45, 7) is -10.2. The van der Waals surface area contributed by atoms with Gasteiger partial charge in [0.15, 0.2) is 23.0 Å². The van der Waals surface area contributed by atoms with E-state index in [-0.39, 0.29) is 22.2 Å². The molecule has 5 heteroatoms. The third-order valence-corrected chi connectivity index (χ3v) is 2.63. The topological polar surface area (TPSA) is 36.9 Å². The number of rotatable bonds is 0. The Bertz CT molecular complexity index is 793. The van der Waals surface area contributed by atoms with E-state index in [0.717, 1.165) is 11.3 Å². The van der Waals surface area contributed by atoms with Crippen LogP contribution in [0.5, 0.6) is 11.5 Å². The Morgan fingerprint density at radius 3 is 1.94 bits per heavy atom. The zero-order chi connectivity index (χ0) is 21.1. The maximum absolute atomic E-state index is 7.38. The molecule has 0 aromatic carbocycles. The number of hydrogen-bond acceptors (Lipinski definition) is 5. The van der Waals surface area contributed by atoms with E-state index in [4.69, 9.17) is 32.7 Å². The highest BCUT2D eigenvalue weighted by molar-refractivity contribution is 7.08. The molecule has 96 valence electrons. The van der Waals surface area contributed by atoms with E-state index in [1.165, 1.54) is 0 Å². The van der Waals surface area contributed by atoms with Gasteiger partial charge in [0, 0.05) is 10.7 Å². The predicted molar refractivity (Wildman–Crippen MR) is 68.0 cm³/mol. The van der Waals surface area contributed by atoms with Crippen LogP contribution in [0.25, 0.3) is 0 Å². The van der Waals surface area contributed by atoms with Gasteiger partial charge in [0.05, 0.1) is 13.7 Å². The Labute approximate surface area is 123 Å². The molecular weight excluding hydrogens is 252 g/mol. The number of hydrogen-bond donors (Lipinski definition) is 0. The van der Waals surface area contributed by atoms with Gasteiger partial charge in [-0.1, -0.05) is 0 Å². The van der Waals surface area contributed by atoms with Gasteiger partial charge in [0.2, 0.25) is 0 Å². The van der Waals surface area contributed by atoms with Crippen LogP contribution in [0.2, 0.25) is 0 Å². The summed E-state index contributed by atoms with van der Waals surface area (Å²) in [5, 5.41) is -0.288. The van der Waals surface area contributed by atoms with Crippen LogP contribution in [0.3, 0.4) is 0 Å². The normalized spacial score (nSPS) is 38.7. The predicted octanol–water partition coefficient (Wildman–Crippen LogP) is 2.72. The minimum atomic E-state index is -2.66. The van der Waals surface area contributed by atoms with Crippen molar-refractivity contribution < 1.29 is 32.7 Å². The van der Waals surface area contributed by atoms with E-state index in [1.807, 2.05) is 0 Å². The Morgan fingerprint density at radius 1 is 0.889 bits per heavy atom. The average molecular weight is 276 g/mol. The average Bonchev–Trinajstić information content (AvgIpc) is 3.05. The number of allylic oxidation sites excluding steroid dienone is 2. The molecule has 1 aromatic rings. The summed E-state index contributed by atoms with van der Waals surface area (Å²) in [7, 11) is 0. The molecule has 3 heterocycles. The van der Waals surface area contributed by atoms with E-state index in [9.17, 15) is 0 Å². The van der Waals surface area contributed by atoms with Crippen molar-refractivity contribution in [2.45, 2.75) is 6.42 Å². The molecule has 1 aliphatic carbocycles. The molecule has 0 saturated carbocycles. The summed E-state index contributed by atoms with van der Waals surface area (Å²) in [5.74, 6) is 0.176. The molecule has 18 heavy (non-hydrogen) atoms. The molecule has 1 fully saturated rings. The third kappa shape index (κ3) is 2.46. The van der Waals surface area contributed by atoms with Gasteiger partial charge in [0.1, 0.15) is 26.2 Å². The van der Waals surface area contributed by atoms with Crippen molar-refractivity contribution in [3.63, 3.8) is 0 Å². The highest BCUT2D eigenvalue weighted by Crippen LogP contribution is 2.33. The van der Waals surface area contributed by atoms with E-state index >= 15 is 0 Å². The molecule has 0 spiro atoms. The summed E-state index contributed by atoms with van der Waals surface area (Å²) in [6, 6.07) is 0. The zero-order valence-corrected chi connectivity index (χ0v) is 9.72. The van der Waals surface area contributed by atoms with Gasteiger partial charge in [-0.15, -0.1) is 11.3 Å². The highest BCUT2D eigenvalue weighted by Gasteiger charge is 2.16. The summed E-state index contributed by atoms with van der Waals surface area (Å²) in [4.78, 5) is 0. The van der Waals surface area contributed by atoms with Gasteiger partial charge in [-0.25, -0.2) is 0 Å². The van der Waals surface area contributed by atoms with E-state index in [2.05, 4.69) is 0 Å². The lowest BCUT2D eigenvalue weighted by molar-refractivity contribution is 0.0614. The van der Waals surface area contributed by atoms with Crippen LogP contribution in [-0.2, 0) is 9.47 Å². The molecule has 0 unspecified atom stereocenters. The van der Waals surface area contributed by atoms with Crippen LogP contribution in [-0.4, -0.2) is 26.2 Å². The molecule has 4 nitrogen and oxygen atoms in total. The minimum Gasteiger partial charge on any atom is -0.486 e. The zero-order valence-electron chi connectivity index (χ0n) is 18.9. The fraction of sp³-hybridized carbons (Fsp3) is 0.385. The number of thiophene rings is 1. The van der Waals surface area contributed by atoms with Gasteiger partial charge in [-0.3, -0.25) is 0 Å². The van der Waals surface area contributed by atoms with E-state index in [0.29, 0.717) is 17.9 Å². The Kier molecular flexibility index (Phi) is 1.43. The molecule has 0 amide bonds. The highest BCUT2D eigenvalue weighted by atomic mass is 32.1. The first-order chi connectivity index (χ1) is 12.7. The monoisotopic (exact) mass is 276 g/mol. The first-order valence-corrected chi connectivity index (χ1v) is 5.75. The van der Waals surface area contributed by atoms with Gasteiger partial charge in [0.25, 0.3) is 0 Å². The summed E-state index contributed by atoms with van der Waals surface area (Å²) < 4.78 is 92.0. The lowest BCUT2D eigenvalue weighted by atomic mass is 10.4. The molecule has 1 aromatic heterocycles. The first-order valence-electron chi connectivity index (χ1n) is 9.94. The largest absolute Gasteiger partial charge is 0.486 e. The minimum absolute atomic E-state index is 0.144. The lowest BCUT2D eigenvalue weighted by Gasteiger charge is -2.17. The van der Waals surface area contributed by atoms with Gasteiger partial charge in [-0.2, -0.15) is 0 Å². The van der Waals surface area contributed by atoms with Crippen molar-refractivity contribution in [1.82, 2.24) is 0 Å². The molecule has 4 rings (SSSR count). The smallest absolute Gasteiger partial charge is 0.172 e. The van der Waals surface area contributed by atoms with Crippen molar-refractivity contribution in [2.75, 3.05) is 26.2 Å². The van der Waals surface area contributed by atoms with Gasteiger partial charge >= 0.3 is 0 Å². The third-order valence-electron chi connectivity index (χ3n) is 2.05. The van der Waals surface area contributed by atoms with Gasteiger partial charge in [-0.05, 0) is 18.6 Å². The Hall–Kier alpha value is -1.62. The molecule has 0 radical (unpaired) electrons. The molecule has 0 bridgehead atoms. The quantitative estimate of drug-likeness (QED) is 0.730. The summed E-state index contributed by atoms with van der Waals surface area (Å²) in [6.07, 6.45) is 3.90. The standard InChI is InChI=1S/C7H8O2.C6H6O2S/c1-2-6-7(3-1)9-5-4-8-6;1-2-8-6-4-9-3-5(6)7-1/h2-3H,1,4-5H2;3-4H,1-2H2/i4D2,5D2;1D2,2D2,3D,4D. The van der Waals surface area contributed by atoms with E-state index < -0.39 is 26.2 Å². The van der Waals surface area contributed by atoms with Crippen molar-refractivity contribution in [3.05, 3.63) is 34.4 Å². The molecule has 1 saturated heterocycles. The molecule has 3 aliphatic rings. The number of fused-ring (bicyclic) bond motifs is 2. The van der Waals surface area contributed by atoms with Crippen molar-refractivity contribution in [1.29, 1.82) is 0 Å². The fourth-order valence-electron chi connectivity index (χ4n) is 1.30. The van der Waals surface area contributed by atoms with Crippen LogP contribution in [0.15, 0.2) is 34.4 Å². The van der Waals surface area contributed by atoms with Crippen LogP contribution in [0.1, 0.15) is 20.1 Å². The summed E-state index contributed by atoms with van der Waals surface area (Å²) in [5.41, 5.74) is 0. The van der Waals surface area contributed by atoms with Crippen LogP contribution < -0.4 is 9.47 Å². The Balaban J connectivity index is 0.000000162. The molecular formula is C13H14O4S. The van der Waals surface area contributed by atoms with Crippen molar-refractivity contribution in [2.24, 2.45) is 0 Å². The lowest BCUT2D eigenvalue weighted by Crippen LogP contribution is -2.13. The second kappa shape index (κ2) is 5.35. The van der Waals surface area contributed by atoms with Crippen LogP contribution in [0.4, 0.5) is 0 Å².